The van der Waals surface area contributed by atoms with Gasteiger partial charge in [-0.1, -0.05) is 15.9 Å². The molecule has 3 aromatic rings. The Balaban J connectivity index is 1.77. The molecule has 4 nitrogen and oxygen atoms in total. The highest BCUT2D eigenvalue weighted by Crippen LogP contribution is 2.20. The average Bonchev–Trinajstić information content (AvgIpc) is 3.02. The first kappa shape index (κ1) is 14.5. The Morgan fingerprint density at radius 2 is 1.95 bits per heavy atom. The van der Waals surface area contributed by atoms with Gasteiger partial charge < -0.3 is 10.3 Å². The van der Waals surface area contributed by atoms with Gasteiger partial charge >= 0.3 is 0 Å². The van der Waals surface area contributed by atoms with Gasteiger partial charge in [-0.25, -0.2) is 9.37 Å². The highest BCUT2D eigenvalue weighted by atomic mass is 79.9. The molecule has 2 N–H and O–H groups in total. The number of halogens is 2. The molecular weight excluding hydrogens is 349 g/mol. The Bertz CT molecular complexity index is 801. The van der Waals surface area contributed by atoms with Crippen LogP contribution in [0.1, 0.15) is 10.4 Å². The molecule has 2 aromatic carbocycles. The molecule has 0 aliphatic carbocycles. The van der Waals surface area contributed by atoms with Crippen LogP contribution in [0.4, 0.5) is 10.1 Å². The lowest BCUT2D eigenvalue weighted by Crippen LogP contribution is -2.13. The fraction of sp³-hybridized carbons (Fsp3) is 0. The van der Waals surface area contributed by atoms with Crippen LogP contribution in [0.3, 0.4) is 0 Å². The van der Waals surface area contributed by atoms with E-state index >= 15 is 0 Å². The quantitative estimate of drug-likeness (QED) is 0.734. The highest BCUT2D eigenvalue weighted by Gasteiger charge is 2.12. The summed E-state index contributed by atoms with van der Waals surface area (Å²) < 4.78 is 14.3. The number of hydrogen-bond donors (Lipinski definition) is 2. The van der Waals surface area contributed by atoms with Crippen LogP contribution in [0.25, 0.3) is 11.4 Å². The zero-order chi connectivity index (χ0) is 15.5. The van der Waals surface area contributed by atoms with E-state index in [1.807, 2.05) is 12.1 Å². The van der Waals surface area contributed by atoms with Crippen molar-refractivity contribution in [2.45, 2.75) is 0 Å². The van der Waals surface area contributed by atoms with Crippen molar-refractivity contribution in [2.75, 3.05) is 5.32 Å². The number of aromatic amines is 1. The normalized spacial score (nSPS) is 10.5. The number of H-pyrrole nitrogens is 1. The van der Waals surface area contributed by atoms with Crippen LogP contribution < -0.4 is 5.32 Å². The van der Waals surface area contributed by atoms with E-state index in [2.05, 4.69) is 31.2 Å². The number of nitrogens with one attached hydrogen (secondary N) is 2. The maximum atomic E-state index is 13.8. The number of nitrogens with zero attached hydrogens (tertiary/aromatic N) is 1. The summed E-state index contributed by atoms with van der Waals surface area (Å²) in [6.07, 6.45) is 3.41. The lowest BCUT2D eigenvalue weighted by atomic mass is 10.1. The Morgan fingerprint density at radius 1 is 1.18 bits per heavy atom. The van der Waals surface area contributed by atoms with E-state index < -0.39 is 11.7 Å². The topological polar surface area (TPSA) is 57.8 Å². The number of benzene rings is 2. The Kier molecular flexibility index (Phi) is 4.02. The molecule has 22 heavy (non-hydrogen) atoms. The predicted octanol–water partition coefficient (Wildman–Crippen LogP) is 4.23. The first-order valence-electron chi connectivity index (χ1n) is 6.50. The smallest absolute Gasteiger partial charge is 0.258 e. The second-order valence-corrected chi connectivity index (χ2v) is 5.51. The van der Waals surface area contributed by atoms with E-state index in [0.717, 1.165) is 11.4 Å². The minimum absolute atomic E-state index is 0.00156. The van der Waals surface area contributed by atoms with Gasteiger partial charge in [0.25, 0.3) is 5.91 Å². The first-order valence-corrected chi connectivity index (χ1v) is 7.29. The van der Waals surface area contributed by atoms with E-state index in [9.17, 15) is 9.18 Å². The maximum absolute atomic E-state index is 13.8. The third-order valence-corrected chi connectivity index (χ3v) is 3.58. The summed E-state index contributed by atoms with van der Waals surface area (Å²) in [6, 6.07) is 11.5. The van der Waals surface area contributed by atoms with Crippen LogP contribution in [0.2, 0.25) is 0 Å². The molecule has 0 aliphatic heterocycles. The lowest BCUT2D eigenvalue weighted by molar-refractivity contribution is 0.102. The van der Waals surface area contributed by atoms with Crippen molar-refractivity contribution in [3.05, 3.63) is 70.7 Å². The largest absolute Gasteiger partial charge is 0.345 e. The van der Waals surface area contributed by atoms with Gasteiger partial charge in [0, 0.05) is 28.1 Å². The molecule has 110 valence electrons. The second-order valence-electron chi connectivity index (χ2n) is 4.59. The number of anilines is 1. The van der Waals surface area contributed by atoms with E-state index in [0.29, 0.717) is 10.2 Å². The summed E-state index contributed by atoms with van der Waals surface area (Å²) in [4.78, 5) is 19.2. The van der Waals surface area contributed by atoms with Crippen LogP contribution in [0, 0.1) is 5.82 Å². The van der Waals surface area contributed by atoms with Crippen molar-refractivity contribution < 1.29 is 9.18 Å². The second kappa shape index (κ2) is 6.11. The van der Waals surface area contributed by atoms with Gasteiger partial charge in [0.2, 0.25) is 0 Å². The monoisotopic (exact) mass is 359 g/mol. The third-order valence-electron chi connectivity index (χ3n) is 3.09. The van der Waals surface area contributed by atoms with Gasteiger partial charge in [-0.15, -0.1) is 0 Å². The molecule has 0 radical (unpaired) electrons. The molecule has 0 aliphatic rings. The van der Waals surface area contributed by atoms with Crippen molar-refractivity contribution in [1.29, 1.82) is 0 Å². The van der Waals surface area contributed by atoms with Crippen LogP contribution in [-0.4, -0.2) is 15.9 Å². The van der Waals surface area contributed by atoms with E-state index in [1.165, 1.54) is 12.1 Å². The predicted molar refractivity (Wildman–Crippen MR) is 86.1 cm³/mol. The van der Waals surface area contributed by atoms with Crippen LogP contribution >= 0.6 is 15.9 Å². The van der Waals surface area contributed by atoms with Gasteiger partial charge in [0.15, 0.2) is 0 Å². The molecule has 0 saturated carbocycles. The summed E-state index contributed by atoms with van der Waals surface area (Å²) in [5, 5.41) is 2.67. The average molecular weight is 360 g/mol. The molecular formula is C16H11BrFN3O. The SMILES string of the molecule is O=C(Nc1ccc(-c2ncc[nH]2)cc1)c1ccc(Br)cc1F. The molecule has 3 rings (SSSR count). The number of carbonyl (C=O) groups excluding carboxylic acids is 1. The summed E-state index contributed by atoms with van der Waals surface area (Å²) in [6.45, 7) is 0. The maximum Gasteiger partial charge on any atom is 0.258 e. The summed E-state index contributed by atoms with van der Waals surface area (Å²) in [5.41, 5.74) is 1.48. The number of imidazole rings is 1. The highest BCUT2D eigenvalue weighted by molar-refractivity contribution is 9.10. The van der Waals surface area contributed by atoms with Gasteiger partial charge in [-0.2, -0.15) is 0 Å². The van der Waals surface area contributed by atoms with E-state index in [1.54, 1.807) is 30.6 Å². The first-order chi connectivity index (χ1) is 10.6. The van der Waals surface area contributed by atoms with Crippen molar-refractivity contribution >= 4 is 27.5 Å². The molecule has 0 spiro atoms. The third kappa shape index (κ3) is 3.07. The number of hydrogen-bond acceptors (Lipinski definition) is 2. The molecule has 1 aromatic heterocycles. The van der Waals surface area contributed by atoms with E-state index in [4.69, 9.17) is 0 Å². The number of carbonyl (C=O) groups is 1. The number of amides is 1. The van der Waals surface area contributed by atoms with Gasteiger partial charge in [0.05, 0.1) is 5.56 Å². The molecule has 0 fully saturated rings. The van der Waals surface area contributed by atoms with Gasteiger partial charge in [-0.3, -0.25) is 4.79 Å². The standard InChI is InChI=1S/C16H11BrFN3O/c17-11-3-6-13(14(18)9-11)16(22)21-12-4-1-10(2-5-12)15-19-7-8-20-15/h1-9H,(H,19,20)(H,21,22). The van der Waals surface area contributed by atoms with Crippen LogP contribution in [0.5, 0.6) is 0 Å². The van der Waals surface area contributed by atoms with Crippen molar-refractivity contribution in [2.24, 2.45) is 0 Å². The summed E-state index contributed by atoms with van der Waals surface area (Å²) in [5.74, 6) is -0.313. The van der Waals surface area contributed by atoms with Gasteiger partial charge in [-0.05, 0) is 42.5 Å². The fourth-order valence-electron chi connectivity index (χ4n) is 2.01. The van der Waals surface area contributed by atoms with Crippen molar-refractivity contribution in [3.8, 4) is 11.4 Å². The fourth-order valence-corrected chi connectivity index (χ4v) is 2.34. The minimum atomic E-state index is -0.570. The van der Waals surface area contributed by atoms with Crippen LogP contribution in [0.15, 0.2) is 59.3 Å². The van der Waals surface area contributed by atoms with Crippen LogP contribution in [-0.2, 0) is 0 Å². The Hall–Kier alpha value is -2.47. The Labute approximate surface area is 134 Å². The summed E-state index contributed by atoms with van der Waals surface area (Å²) in [7, 11) is 0. The molecule has 0 saturated heterocycles. The summed E-state index contributed by atoms with van der Waals surface area (Å²) >= 11 is 3.16. The van der Waals surface area contributed by atoms with Gasteiger partial charge in [0.1, 0.15) is 11.6 Å². The molecule has 6 heteroatoms. The molecule has 0 atom stereocenters. The zero-order valence-electron chi connectivity index (χ0n) is 11.3. The number of aromatic nitrogens is 2. The molecule has 0 unspecified atom stereocenters. The molecule has 0 bridgehead atoms. The Morgan fingerprint density at radius 3 is 2.59 bits per heavy atom. The van der Waals surface area contributed by atoms with Crippen molar-refractivity contribution in [3.63, 3.8) is 0 Å². The van der Waals surface area contributed by atoms with Crippen molar-refractivity contribution in [1.82, 2.24) is 9.97 Å². The zero-order valence-corrected chi connectivity index (χ0v) is 12.9. The lowest BCUT2D eigenvalue weighted by Gasteiger charge is -2.07. The molecule has 1 amide bonds. The minimum Gasteiger partial charge on any atom is -0.345 e. The van der Waals surface area contributed by atoms with E-state index in [-0.39, 0.29) is 5.56 Å². The molecule has 1 heterocycles. The number of rotatable bonds is 3.